The average molecular weight is 411 g/mol. The first-order chi connectivity index (χ1) is 13.6. The van der Waals surface area contributed by atoms with E-state index in [0.717, 1.165) is 44.5 Å². The Balaban J connectivity index is 1.43. The highest BCUT2D eigenvalue weighted by Gasteiger charge is 2.27. The molecule has 0 atom stereocenters. The van der Waals surface area contributed by atoms with E-state index in [1.807, 2.05) is 0 Å². The van der Waals surface area contributed by atoms with Crippen molar-refractivity contribution in [3.8, 4) is 0 Å². The summed E-state index contributed by atoms with van der Waals surface area (Å²) in [5.74, 6) is 0.00388. The van der Waals surface area contributed by atoms with Gasteiger partial charge < -0.3 is 5.73 Å². The van der Waals surface area contributed by atoms with Crippen LogP contribution in [0.1, 0.15) is 38.3 Å². The van der Waals surface area contributed by atoms with Crippen molar-refractivity contribution < 1.29 is 4.79 Å². The Morgan fingerprint density at radius 3 is 2.61 bits per heavy atom. The summed E-state index contributed by atoms with van der Waals surface area (Å²) in [6.07, 6.45) is 3.11. The van der Waals surface area contributed by atoms with Gasteiger partial charge in [0.2, 0.25) is 0 Å². The van der Waals surface area contributed by atoms with Crippen molar-refractivity contribution in [1.82, 2.24) is 4.90 Å². The topological polar surface area (TPSA) is 46.3 Å². The third kappa shape index (κ3) is 4.14. The van der Waals surface area contributed by atoms with Crippen molar-refractivity contribution in [2.75, 3.05) is 18.8 Å². The van der Waals surface area contributed by atoms with Gasteiger partial charge >= 0.3 is 0 Å². The number of hydrogen-bond acceptors (Lipinski definition) is 4. The van der Waals surface area contributed by atoms with E-state index in [-0.39, 0.29) is 5.78 Å². The van der Waals surface area contributed by atoms with Crippen LogP contribution in [0, 0.1) is 0 Å². The molecule has 0 amide bonds. The van der Waals surface area contributed by atoms with E-state index in [0.29, 0.717) is 21.2 Å². The summed E-state index contributed by atoms with van der Waals surface area (Å²) in [6, 6.07) is 17.6. The molecule has 1 aliphatic heterocycles. The molecule has 0 spiro atoms. The number of nitrogens with zero attached hydrogens (tertiary/aromatic N) is 1. The lowest BCUT2D eigenvalue weighted by Crippen LogP contribution is -2.31. The normalized spacial score (nSPS) is 14.0. The molecule has 28 heavy (non-hydrogen) atoms. The van der Waals surface area contributed by atoms with Gasteiger partial charge in [-0.2, -0.15) is 0 Å². The minimum atomic E-state index is 0.00388. The molecule has 4 rings (SSSR count). The van der Waals surface area contributed by atoms with E-state index < -0.39 is 0 Å². The molecule has 2 heterocycles. The molecule has 0 radical (unpaired) electrons. The van der Waals surface area contributed by atoms with Gasteiger partial charge in [-0.3, -0.25) is 9.69 Å². The maximum absolute atomic E-state index is 13.0. The lowest BCUT2D eigenvalue weighted by atomic mass is 9.96. The molecule has 0 unspecified atom stereocenters. The van der Waals surface area contributed by atoms with Crippen LogP contribution in [-0.2, 0) is 19.4 Å². The van der Waals surface area contributed by atoms with E-state index in [4.69, 9.17) is 17.3 Å². The van der Waals surface area contributed by atoms with Gasteiger partial charge in [0, 0.05) is 28.6 Å². The number of thiophene rings is 1. The number of nitrogens with two attached hydrogens (primary N) is 1. The molecule has 0 saturated heterocycles. The van der Waals surface area contributed by atoms with Crippen LogP contribution >= 0.6 is 22.9 Å². The molecule has 2 N–H and O–H groups in total. The number of nitrogen functional groups attached to an aromatic ring is 1. The van der Waals surface area contributed by atoms with E-state index in [9.17, 15) is 4.79 Å². The molecule has 144 valence electrons. The summed E-state index contributed by atoms with van der Waals surface area (Å²) in [5, 5.41) is 1.26. The van der Waals surface area contributed by atoms with Crippen LogP contribution in [0.3, 0.4) is 0 Å². The predicted octanol–water partition coefficient (Wildman–Crippen LogP) is 5.21. The number of halogens is 1. The highest BCUT2D eigenvalue weighted by Crippen LogP contribution is 2.36. The minimum absolute atomic E-state index is 0.00388. The van der Waals surface area contributed by atoms with Gasteiger partial charge in [-0.15, -0.1) is 11.3 Å². The maximum Gasteiger partial charge on any atom is 0.196 e. The Kier molecular flexibility index (Phi) is 5.81. The third-order valence-electron chi connectivity index (χ3n) is 5.28. The van der Waals surface area contributed by atoms with Gasteiger partial charge in [0.1, 0.15) is 0 Å². The first kappa shape index (κ1) is 19.2. The zero-order valence-electron chi connectivity index (χ0n) is 15.7. The van der Waals surface area contributed by atoms with Gasteiger partial charge in [-0.25, -0.2) is 0 Å². The zero-order chi connectivity index (χ0) is 19.5. The number of anilines is 1. The summed E-state index contributed by atoms with van der Waals surface area (Å²) in [7, 11) is 0. The van der Waals surface area contributed by atoms with Crippen molar-refractivity contribution in [1.29, 1.82) is 0 Å². The van der Waals surface area contributed by atoms with Crippen LogP contribution in [0.2, 0.25) is 5.02 Å². The number of fused-ring (bicyclic) bond motifs is 1. The molecule has 0 fully saturated rings. The monoisotopic (exact) mass is 410 g/mol. The Morgan fingerprint density at radius 2 is 1.86 bits per heavy atom. The van der Waals surface area contributed by atoms with E-state index in [2.05, 4.69) is 35.2 Å². The van der Waals surface area contributed by atoms with Crippen molar-refractivity contribution in [2.24, 2.45) is 0 Å². The predicted molar refractivity (Wildman–Crippen MR) is 117 cm³/mol. The Bertz CT molecular complexity index is 966. The Labute approximate surface area is 174 Å². The first-order valence-corrected chi connectivity index (χ1v) is 10.8. The maximum atomic E-state index is 13.0. The number of ketones is 1. The van der Waals surface area contributed by atoms with Crippen molar-refractivity contribution in [2.45, 2.75) is 25.8 Å². The van der Waals surface area contributed by atoms with E-state index in [1.54, 1.807) is 35.6 Å². The van der Waals surface area contributed by atoms with Crippen molar-refractivity contribution >= 4 is 33.7 Å². The molecule has 2 aromatic carbocycles. The van der Waals surface area contributed by atoms with Gasteiger partial charge in [-0.05, 0) is 61.2 Å². The van der Waals surface area contributed by atoms with E-state index >= 15 is 0 Å². The summed E-state index contributed by atoms with van der Waals surface area (Å²) in [4.78, 5) is 16.7. The molecule has 1 aromatic heterocycles. The second-order valence-corrected chi connectivity index (χ2v) is 8.77. The number of carbonyl (C=O) groups excluding carboxylic acids is 1. The third-order valence-corrected chi connectivity index (χ3v) is 6.58. The second-order valence-electron chi connectivity index (χ2n) is 7.19. The molecule has 3 nitrogen and oxygen atoms in total. The summed E-state index contributed by atoms with van der Waals surface area (Å²) < 4.78 is 0. The number of hydrogen-bond donors (Lipinski definition) is 1. The van der Waals surface area contributed by atoms with Crippen LogP contribution in [0.5, 0.6) is 0 Å². The van der Waals surface area contributed by atoms with E-state index in [1.165, 1.54) is 10.4 Å². The number of aryl methyl sites for hydroxylation is 1. The highest BCUT2D eigenvalue weighted by molar-refractivity contribution is 7.16. The van der Waals surface area contributed by atoms with Gasteiger partial charge in [0.05, 0.1) is 10.6 Å². The molecule has 0 aliphatic carbocycles. The molecule has 0 saturated carbocycles. The molecular formula is C23H23ClN2OS. The van der Waals surface area contributed by atoms with Crippen LogP contribution in [0.25, 0.3) is 0 Å². The lowest BCUT2D eigenvalue weighted by Gasteiger charge is -2.27. The van der Waals surface area contributed by atoms with Crippen LogP contribution in [0.4, 0.5) is 5.00 Å². The molecule has 1 aliphatic rings. The molecule has 0 bridgehead atoms. The second kappa shape index (κ2) is 8.48. The summed E-state index contributed by atoms with van der Waals surface area (Å²) >= 11 is 7.51. The van der Waals surface area contributed by atoms with Gasteiger partial charge in [-0.1, -0.05) is 41.9 Å². The zero-order valence-corrected chi connectivity index (χ0v) is 17.2. The minimum Gasteiger partial charge on any atom is -0.390 e. The fraction of sp³-hybridized carbons (Fsp3) is 0.261. The van der Waals surface area contributed by atoms with Crippen LogP contribution in [-0.4, -0.2) is 23.8 Å². The van der Waals surface area contributed by atoms with Crippen molar-refractivity contribution in [3.05, 3.63) is 86.8 Å². The average Bonchev–Trinajstić information content (AvgIpc) is 3.04. The molecule has 5 heteroatoms. The first-order valence-electron chi connectivity index (χ1n) is 9.58. The van der Waals surface area contributed by atoms with Crippen LogP contribution in [0.15, 0.2) is 54.6 Å². The fourth-order valence-corrected chi connectivity index (χ4v) is 5.10. The number of rotatable bonds is 6. The fourth-order valence-electron chi connectivity index (χ4n) is 3.81. The van der Waals surface area contributed by atoms with Gasteiger partial charge in [0.15, 0.2) is 5.78 Å². The smallest absolute Gasteiger partial charge is 0.196 e. The number of benzene rings is 2. The molecule has 3 aromatic rings. The van der Waals surface area contributed by atoms with Crippen molar-refractivity contribution in [3.63, 3.8) is 0 Å². The SMILES string of the molecule is Nc1sc2c(c1C(=O)c1ccc(Cl)cc1)CCN(CCCc1ccccc1)C2. The van der Waals surface area contributed by atoms with Crippen LogP contribution < -0.4 is 5.73 Å². The summed E-state index contributed by atoms with van der Waals surface area (Å²) in [6.45, 7) is 2.92. The Hall–Kier alpha value is -2.14. The quantitative estimate of drug-likeness (QED) is 0.567. The standard InChI is InChI=1S/C23H23ClN2OS/c24-18-10-8-17(9-11-18)22(27)21-19-12-14-26(15-20(19)28-23(21)25)13-4-7-16-5-2-1-3-6-16/h1-3,5-6,8-11H,4,7,12-15,25H2. The molecular weight excluding hydrogens is 388 g/mol. The number of carbonyl (C=O) groups is 1. The summed E-state index contributed by atoms with van der Waals surface area (Å²) in [5.41, 5.74) is 10.1. The lowest BCUT2D eigenvalue weighted by molar-refractivity contribution is 0.103. The van der Waals surface area contributed by atoms with Gasteiger partial charge in [0.25, 0.3) is 0 Å². The largest absolute Gasteiger partial charge is 0.390 e. The Morgan fingerprint density at radius 1 is 1.11 bits per heavy atom. The highest BCUT2D eigenvalue weighted by atomic mass is 35.5.